The van der Waals surface area contributed by atoms with Crippen LogP contribution in [0.3, 0.4) is 0 Å². The molecule has 0 N–H and O–H groups in total. The van der Waals surface area contributed by atoms with Gasteiger partial charge in [0.1, 0.15) is 11.6 Å². The van der Waals surface area contributed by atoms with Crippen LogP contribution in [0.25, 0.3) is 101 Å². The Balaban J connectivity index is 0.867. The Bertz CT molecular complexity index is 4240. The van der Waals surface area contributed by atoms with Crippen LogP contribution in [-0.4, -0.2) is 29.9 Å². The van der Waals surface area contributed by atoms with Crippen molar-refractivity contribution < 1.29 is 8.78 Å². The third-order valence-electron chi connectivity index (χ3n) is 17.6. The lowest BCUT2D eigenvalue weighted by Gasteiger charge is -2.44. The van der Waals surface area contributed by atoms with Gasteiger partial charge in [0.25, 0.3) is 0 Å². The monoisotopic (exact) mass is 1050 g/mol. The van der Waals surface area contributed by atoms with E-state index in [1.165, 1.54) is 58.5 Å². The Morgan fingerprint density at radius 2 is 0.762 bits per heavy atom. The number of benzene rings is 9. The first kappa shape index (κ1) is 50.9. The predicted octanol–water partition coefficient (Wildman–Crippen LogP) is 18.2. The topological polar surface area (TPSA) is 77.3 Å². The average molecular weight is 1050 g/mol. The summed E-state index contributed by atoms with van der Waals surface area (Å²) in [6.45, 7) is 16.5. The molecule has 9 aromatic carbocycles. The molecule has 0 radical (unpaired) electrons. The summed E-state index contributed by atoms with van der Waals surface area (Å²) in [7, 11) is 0. The second kappa shape index (κ2) is 19.3. The van der Waals surface area contributed by atoms with Crippen LogP contribution in [0.4, 0.5) is 8.78 Å². The van der Waals surface area contributed by atoms with E-state index in [1.807, 2.05) is 18.2 Å². The molecule has 2 heterocycles. The maximum absolute atomic E-state index is 14.4. The average Bonchev–Trinajstić information content (AvgIpc) is 3.67. The van der Waals surface area contributed by atoms with Crippen molar-refractivity contribution in [2.24, 2.45) is 0 Å². The largest absolute Gasteiger partial charge is 0.208 e. The van der Waals surface area contributed by atoms with Gasteiger partial charge < -0.3 is 0 Å². The highest BCUT2D eigenvalue weighted by Gasteiger charge is 2.41. The molecule has 13 rings (SSSR count). The van der Waals surface area contributed by atoms with Gasteiger partial charge in [-0.3, -0.25) is 0 Å². The summed E-state index contributed by atoms with van der Waals surface area (Å²) in [5.41, 5.74) is 13.8. The van der Waals surface area contributed by atoms with E-state index in [4.69, 9.17) is 29.9 Å². The number of aromatic nitrogens is 6. The first-order chi connectivity index (χ1) is 38.5. The van der Waals surface area contributed by atoms with Gasteiger partial charge >= 0.3 is 0 Å². The van der Waals surface area contributed by atoms with Crippen molar-refractivity contribution in [2.75, 3.05) is 0 Å². The number of hydrogen-bond donors (Lipinski definition) is 0. The quantitative estimate of drug-likeness (QED) is 0.143. The summed E-state index contributed by atoms with van der Waals surface area (Å²) in [5.74, 6) is 2.52. The Hall–Kier alpha value is -8.62. The molecular weight excluding hydrogens is 987 g/mol. The van der Waals surface area contributed by atoms with E-state index < -0.39 is 0 Å². The molecule has 0 fully saturated rings. The van der Waals surface area contributed by atoms with Crippen LogP contribution in [0.15, 0.2) is 188 Å². The van der Waals surface area contributed by atoms with Gasteiger partial charge in [0, 0.05) is 33.4 Å². The molecule has 0 saturated carbocycles. The minimum Gasteiger partial charge on any atom is -0.208 e. The fraction of sp³-hybridized carbons (Fsp3) is 0.222. The van der Waals surface area contributed by atoms with E-state index in [2.05, 4.69) is 170 Å². The highest BCUT2D eigenvalue weighted by Crippen LogP contribution is 2.50. The molecule has 6 nitrogen and oxygen atoms in total. The van der Waals surface area contributed by atoms with Crippen LogP contribution >= 0.6 is 0 Å². The van der Waals surface area contributed by atoms with Crippen LogP contribution in [-0.2, 0) is 28.1 Å². The highest BCUT2D eigenvalue weighted by atomic mass is 19.1. The molecule has 0 amide bonds. The zero-order valence-corrected chi connectivity index (χ0v) is 46.4. The van der Waals surface area contributed by atoms with Gasteiger partial charge in [-0.15, -0.1) is 0 Å². The minimum absolute atomic E-state index is 0.0768. The van der Waals surface area contributed by atoms with Gasteiger partial charge in [-0.25, -0.2) is 38.7 Å². The molecule has 2 aliphatic carbocycles. The standard InChI is InChI=1S/C72H62F2N6/c1-69(2)35-36-70(3,4)61-41-49(25-33-59(61)69)55-31-32-58(57-18-11-10-17-56(55)57)68-79-64(47-23-29-54(74)30-24-47)77-65(80-68)50-16-12-13-44(39-50)43-72(7)38-37-71(5,6)62-42-52(26-34-60(62)72)67-76-63(46-21-27-53(73)28-22-46)75-66(78-67)51-20-19-45-14-8-9-15-48(45)40-51/h8-34,39-42H,35-38,43H2,1-7H3. The third kappa shape index (κ3) is 9.34. The number of fused-ring (bicyclic) bond motifs is 4. The highest BCUT2D eigenvalue weighted by molar-refractivity contribution is 6.04. The Labute approximate surface area is 467 Å². The summed E-state index contributed by atoms with van der Waals surface area (Å²) in [4.78, 5) is 30.7. The van der Waals surface area contributed by atoms with E-state index in [0.29, 0.717) is 46.1 Å². The first-order valence-electron chi connectivity index (χ1n) is 27.9. The molecule has 1 unspecified atom stereocenters. The van der Waals surface area contributed by atoms with Crippen LogP contribution in [0, 0.1) is 11.6 Å². The molecular formula is C72H62F2N6. The van der Waals surface area contributed by atoms with Gasteiger partial charge in [0.2, 0.25) is 0 Å². The zero-order chi connectivity index (χ0) is 55.1. The fourth-order valence-electron chi connectivity index (χ4n) is 12.6. The molecule has 0 saturated heterocycles. The van der Waals surface area contributed by atoms with Crippen molar-refractivity contribution >= 4 is 21.5 Å². The first-order valence-corrected chi connectivity index (χ1v) is 27.9. The lowest BCUT2D eigenvalue weighted by atomic mass is 9.60. The third-order valence-corrected chi connectivity index (χ3v) is 17.6. The minimum atomic E-state index is -0.322. The van der Waals surface area contributed by atoms with Crippen molar-refractivity contribution in [3.63, 3.8) is 0 Å². The Kier molecular flexibility index (Phi) is 12.3. The van der Waals surface area contributed by atoms with E-state index in [0.717, 1.165) is 80.6 Å². The molecule has 0 aliphatic heterocycles. The van der Waals surface area contributed by atoms with Crippen molar-refractivity contribution in [1.82, 2.24) is 29.9 Å². The molecule has 8 heteroatoms. The predicted molar refractivity (Wildman–Crippen MR) is 321 cm³/mol. The molecule has 80 heavy (non-hydrogen) atoms. The van der Waals surface area contributed by atoms with Crippen LogP contribution < -0.4 is 0 Å². The van der Waals surface area contributed by atoms with E-state index in [1.54, 1.807) is 24.3 Å². The van der Waals surface area contributed by atoms with Crippen LogP contribution in [0.2, 0.25) is 0 Å². The van der Waals surface area contributed by atoms with Crippen molar-refractivity contribution in [2.45, 2.75) is 102 Å². The summed E-state index contributed by atoms with van der Waals surface area (Å²) < 4.78 is 28.7. The summed E-state index contributed by atoms with van der Waals surface area (Å²) in [6.07, 6.45) is 5.05. The maximum atomic E-state index is 14.4. The van der Waals surface area contributed by atoms with E-state index in [-0.39, 0.29) is 33.3 Å². The second-order valence-corrected chi connectivity index (χ2v) is 24.5. The van der Waals surface area contributed by atoms with Gasteiger partial charge in [-0.1, -0.05) is 164 Å². The smallest absolute Gasteiger partial charge is 0.164 e. The van der Waals surface area contributed by atoms with Crippen molar-refractivity contribution in [3.8, 4) is 79.5 Å². The Morgan fingerprint density at radius 1 is 0.325 bits per heavy atom. The van der Waals surface area contributed by atoms with E-state index in [9.17, 15) is 8.78 Å². The number of hydrogen-bond acceptors (Lipinski definition) is 6. The lowest BCUT2D eigenvalue weighted by Crippen LogP contribution is -2.37. The fourth-order valence-corrected chi connectivity index (χ4v) is 12.6. The molecule has 0 spiro atoms. The molecule has 2 aliphatic rings. The summed E-state index contributed by atoms with van der Waals surface area (Å²) in [5, 5.41) is 4.39. The van der Waals surface area contributed by atoms with Crippen LogP contribution in [0.5, 0.6) is 0 Å². The van der Waals surface area contributed by atoms with Crippen LogP contribution in [0.1, 0.15) is 102 Å². The normalized spacial score (nSPS) is 17.0. The number of nitrogens with zero attached hydrogens (tertiary/aromatic N) is 6. The molecule has 11 aromatic rings. The summed E-state index contributed by atoms with van der Waals surface area (Å²) in [6, 6.07) is 62.5. The molecule has 394 valence electrons. The molecule has 1 atom stereocenters. The number of rotatable bonds is 9. The van der Waals surface area contributed by atoms with Gasteiger partial charge in [-0.2, -0.15) is 0 Å². The second-order valence-electron chi connectivity index (χ2n) is 24.5. The van der Waals surface area contributed by atoms with Crippen molar-refractivity contribution in [3.05, 3.63) is 228 Å². The van der Waals surface area contributed by atoms with Gasteiger partial charge in [-0.05, 0) is 187 Å². The summed E-state index contributed by atoms with van der Waals surface area (Å²) >= 11 is 0. The Morgan fingerprint density at radius 3 is 1.40 bits per heavy atom. The molecule has 0 bridgehead atoms. The number of halogens is 2. The molecule has 2 aromatic heterocycles. The van der Waals surface area contributed by atoms with E-state index >= 15 is 0 Å². The SMILES string of the molecule is CC1(C)CCC(C)(C)c2cc(-c3ccc(-c4nc(-c5ccc(F)cc5)nc(-c5cccc(CC6(C)CCC(C)(C)c7cc(-c8nc(-c9ccc(F)cc9)nc(-c9ccc%10ccccc%10c9)n8)ccc76)c5)n4)c4ccccc34)ccc21. The lowest BCUT2D eigenvalue weighted by molar-refractivity contribution is 0.310. The van der Waals surface area contributed by atoms with Crippen molar-refractivity contribution in [1.29, 1.82) is 0 Å². The van der Waals surface area contributed by atoms with Gasteiger partial charge in [0.05, 0.1) is 0 Å². The van der Waals surface area contributed by atoms with Gasteiger partial charge in [0.15, 0.2) is 34.9 Å². The maximum Gasteiger partial charge on any atom is 0.164 e. The zero-order valence-electron chi connectivity index (χ0n) is 46.4.